The maximum Gasteiger partial charge on any atom is 0.315 e. The molecule has 2 aliphatic carbocycles. The number of nitrogens with zero attached hydrogens (tertiary/aromatic N) is 1. The van der Waals surface area contributed by atoms with Gasteiger partial charge in [-0.3, -0.25) is 19.2 Å². The average Bonchev–Trinajstić information content (AvgIpc) is 3.45. The molecular formula is C37H53N5O8S. The Balaban J connectivity index is 1.54. The van der Waals surface area contributed by atoms with Gasteiger partial charge in [0.15, 0.2) is 9.84 Å². The number of carbonyl (C=O) groups excluding carboxylic acids is 5. The Labute approximate surface area is 301 Å². The molecule has 280 valence electrons. The normalized spacial score (nSPS) is 23.1. The van der Waals surface area contributed by atoms with Crippen LogP contribution in [0.15, 0.2) is 35.5 Å². The first-order valence-corrected chi connectivity index (χ1v) is 19.5. The molecule has 51 heavy (non-hydrogen) atoms. The predicted molar refractivity (Wildman–Crippen MR) is 191 cm³/mol. The first-order valence-electron chi connectivity index (χ1n) is 17.6. The minimum Gasteiger partial charge on any atom is -0.468 e. The van der Waals surface area contributed by atoms with Gasteiger partial charge in [-0.2, -0.15) is 0 Å². The van der Waals surface area contributed by atoms with E-state index in [1.165, 1.54) is 17.2 Å². The van der Waals surface area contributed by atoms with Crippen LogP contribution in [-0.2, 0) is 34.8 Å². The van der Waals surface area contributed by atoms with Crippen LogP contribution in [0.1, 0.15) is 85.3 Å². The number of carbonyl (C=O) groups is 5. The summed E-state index contributed by atoms with van der Waals surface area (Å²) in [5, 5.41) is 11.0. The first-order chi connectivity index (χ1) is 23.9. The van der Waals surface area contributed by atoms with Crippen molar-refractivity contribution in [2.45, 2.75) is 109 Å². The van der Waals surface area contributed by atoms with E-state index in [-0.39, 0.29) is 54.7 Å². The first kappa shape index (κ1) is 39.7. The van der Waals surface area contributed by atoms with Crippen LogP contribution in [0.4, 0.5) is 4.79 Å². The van der Waals surface area contributed by atoms with Crippen molar-refractivity contribution in [1.29, 1.82) is 0 Å². The van der Waals surface area contributed by atoms with Gasteiger partial charge in [-0.25, -0.2) is 13.2 Å². The lowest BCUT2D eigenvalue weighted by atomic mass is 9.83. The number of hydrogen-bond acceptors (Lipinski definition) is 8. The van der Waals surface area contributed by atoms with Crippen molar-refractivity contribution in [3.63, 3.8) is 0 Å². The Kier molecular flexibility index (Phi) is 12.2. The van der Waals surface area contributed by atoms with Crippen LogP contribution in [0.3, 0.4) is 0 Å². The summed E-state index contributed by atoms with van der Waals surface area (Å²) >= 11 is 0. The second kappa shape index (κ2) is 15.6. The van der Waals surface area contributed by atoms with Crippen LogP contribution in [-0.4, -0.2) is 85.4 Å². The number of piperidine rings is 1. The van der Waals surface area contributed by atoms with E-state index in [0.717, 1.165) is 19.3 Å². The number of sulfone groups is 1. The summed E-state index contributed by atoms with van der Waals surface area (Å²) in [7, 11) is -3.68. The van der Waals surface area contributed by atoms with Gasteiger partial charge in [0.25, 0.3) is 5.91 Å². The fourth-order valence-corrected chi connectivity index (χ4v) is 9.72. The third-order valence-electron chi connectivity index (χ3n) is 10.6. The van der Waals surface area contributed by atoms with Crippen LogP contribution in [0.2, 0.25) is 0 Å². The predicted octanol–water partition coefficient (Wildman–Crippen LogP) is 2.86. The fraction of sp³-hybridized carbons (Fsp3) is 0.649. The van der Waals surface area contributed by atoms with Gasteiger partial charge in [-0.15, -0.1) is 18.9 Å². The van der Waals surface area contributed by atoms with E-state index in [0.29, 0.717) is 18.6 Å². The monoisotopic (exact) mass is 727 g/mol. The number of nitrogens with one attached hydrogen (secondary N) is 4. The second-order valence-corrected chi connectivity index (χ2v) is 18.0. The van der Waals surface area contributed by atoms with E-state index >= 15 is 0 Å². The standard InChI is InChI=1S/C37H53N5O8S/c1-8-10-16-26(29(43)32(45)38-19-9-2)39-31(44)28-27-25(36(27,6)7)21-42(28)33(46)30(35(3,4)5)40-34(47)41-37(17-12-11-13-18-37)23-51(48,49)22-24-15-14-20-50-24/h1,9,14-15,20,25-28,30H,2,10-13,16-19,21-23H2,3-7H3,(H,38,45)(H,39,44)(H2,40,41,47)/t25-,26?,27?,28-,30+/m0/s1. The molecule has 2 heterocycles. The number of rotatable bonds is 15. The summed E-state index contributed by atoms with van der Waals surface area (Å²) in [5.74, 6) is -0.796. The van der Waals surface area contributed by atoms with Crippen molar-refractivity contribution in [1.82, 2.24) is 26.2 Å². The lowest BCUT2D eigenvalue weighted by Gasteiger charge is -2.40. The molecule has 1 aromatic rings. The highest BCUT2D eigenvalue weighted by atomic mass is 32.2. The molecule has 0 bridgehead atoms. The number of amides is 5. The van der Waals surface area contributed by atoms with Crippen molar-refractivity contribution in [3.05, 3.63) is 36.8 Å². The van der Waals surface area contributed by atoms with Crippen molar-refractivity contribution in [2.24, 2.45) is 22.7 Å². The summed E-state index contributed by atoms with van der Waals surface area (Å²) in [5.41, 5.74) is -2.09. The topological polar surface area (TPSA) is 184 Å². The smallest absolute Gasteiger partial charge is 0.315 e. The highest BCUT2D eigenvalue weighted by Gasteiger charge is 2.70. The van der Waals surface area contributed by atoms with E-state index in [9.17, 15) is 32.4 Å². The van der Waals surface area contributed by atoms with Crippen LogP contribution in [0, 0.1) is 35.0 Å². The maximum absolute atomic E-state index is 14.4. The minimum atomic E-state index is -3.68. The molecule has 5 amide bonds. The zero-order valence-electron chi connectivity index (χ0n) is 30.4. The van der Waals surface area contributed by atoms with Crippen molar-refractivity contribution in [3.8, 4) is 12.3 Å². The molecule has 4 N–H and O–H groups in total. The summed E-state index contributed by atoms with van der Waals surface area (Å²) in [6, 6.07) is -0.697. The van der Waals surface area contributed by atoms with Gasteiger partial charge in [0.05, 0.1) is 23.6 Å². The Bertz CT molecular complexity index is 1630. The van der Waals surface area contributed by atoms with E-state index in [4.69, 9.17) is 10.8 Å². The Morgan fingerprint density at radius 2 is 1.82 bits per heavy atom. The summed E-state index contributed by atoms with van der Waals surface area (Å²) in [4.78, 5) is 69.3. The molecule has 3 fully saturated rings. The molecule has 1 aliphatic heterocycles. The molecule has 2 unspecified atom stereocenters. The van der Waals surface area contributed by atoms with Gasteiger partial charge < -0.3 is 30.6 Å². The van der Waals surface area contributed by atoms with Crippen LogP contribution in [0.5, 0.6) is 0 Å². The molecule has 14 heteroatoms. The van der Waals surface area contributed by atoms with Gasteiger partial charge in [0, 0.05) is 19.5 Å². The van der Waals surface area contributed by atoms with Crippen LogP contribution < -0.4 is 21.3 Å². The minimum absolute atomic E-state index is 0.00673. The molecule has 13 nitrogen and oxygen atoms in total. The third-order valence-corrected chi connectivity index (χ3v) is 12.3. The SMILES string of the molecule is C#CCCC(NC(=O)[C@@H]1C2[C@H](CN1C(=O)[C@@H](NC(=O)NC1(CS(=O)(=O)Cc3ccco3)CCCCC1)C(C)(C)C)C2(C)C)C(=O)C(=O)NCC=C. The van der Waals surface area contributed by atoms with Gasteiger partial charge in [0.2, 0.25) is 17.6 Å². The molecule has 1 aromatic heterocycles. The molecule has 0 spiro atoms. The van der Waals surface area contributed by atoms with Gasteiger partial charge in [-0.05, 0) is 54.1 Å². The van der Waals surface area contributed by atoms with Gasteiger partial charge in [0.1, 0.15) is 23.6 Å². The lowest BCUT2D eigenvalue weighted by molar-refractivity contribution is -0.145. The Morgan fingerprint density at radius 1 is 1.14 bits per heavy atom. The molecule has 3 aliphatic rings. The van der Waals surface area contributed by atoms with Crippen molar-refractivity contribution >= 4 is 39.4 Å². The maximum atomic E-state index is 14.4. The van der Waals surface area contributed by atoms with Crippen molar-refractivity contribution < 1.29 is 36.8 Å². The second-order valence-electron chi connectivity index (χ2n) is 15.9. The fourth-order valence-electron chi connectivity index (χ4n) is 7.82. The summed E-state index contributed by atoms with van der Waals surface area (Å²) < 4.78 is 31.8. The molecular weight excluding hydrogens is 675 g/mol. The zero-order chi connectivity index (χ0) is 37.8. The van der Waals surface area contributed by atoms with Crippen LogP contribution >= 0.6 is 0 Å². The zero-order valence-corrected chi connectivity index (χ0v) is 31.2. The lowest BCUT2D eigenvalue weighted by Crippen LogP contribution is -2.64. The molecule has 4 rings (SSSR count). The number of ketones is 1. The van der Waals surface area contributed by atoms with E-state index in [2.05, 4.69) is 33.8 Å². The number of likely N-dealkylation sites (tertiary alicyclic amines) is 1. The molecule has 1 saturated heterocycles. The summed E-state index contributed by atoms with van der Waals surface area (Å²) in [6.45, 7) is 13.3. The molecule has 0 radical (unpaired) electrons. The highest BCUT2D eigenvalue weighted by Crippen LogP contribution is 2.65. The van der Waals surface area contributed by atoms with E-state index in [1.54, 1.807) is 32.9 Å². The molecule has 5 atom stereocenters. The quantitative estimate of drug-likeness (QED) is 0.121. The number of fused-ring (bicyclic) bond motifs is 1. The van der Waals surface area contributed by atoms with Crippen molar-refractivity contribution in [2.75, 3.05) is 18.8 Å². The molecule has 0 aromatic carbocycles. The number of hydrogen-bond donors (Lipinski definition) is 4. The van der Waals surface area contributed by atoms with E-state index < -0.39 is 68.5 Å². The van der Waals surface area contributed by atoms with Gasteiger partial charge in [-0.1, -0.05) is 60.0 Å². The Hall–Kier alpha value is -4.12. The van der Waals surface area contributed by atoms with Crippen LogP contribution in [0.25, 0.3) is 0 Å². The van der Waals surface area contributed by atoms with Gasteiger partial charge >= 0.3 is 6.03 Å². The average molecular weight is 728 g/mol. The number of Topliss-reactive ketones (excluding diaryl/α,β-unsaturated/α-hetero) is 1. The highest BCUT2D eigenvalue weighted by molar-refractivity contribution is 7.90. The number of furan rings is 1. The third kappa shape index (κ3) is 9.41. The number of terminal acetylenes is 1. The van der Waals surface area contributed by atoms with E-state index in [1.807, 2.05) is 13.8 Å². The Morgan fingerprint density at radius 3 is 2.41 bits per heavy atom. The largest absolute Gasteiger partial charge is 0.468 e. The summed E-state index contributed by atoms with van der Waals surface area (Å²) in [6.07, 6.45) is 11.8. The number of urea groups is 1. The molecule has 2 saturated carbocycles.